The van der Waals surface area contributed by atoms with Gasteiger partial charge in [-0.3, -0.25) is 9.59 Å². The van der Waals surface area contributed by atoms with Gasteiger partial charge in [0.15, 0.2) is 0 Å². The maximum absolute atomic E-state index is 12.2. The summed E-state index contributed by atoms with van der Waals surface area (Å²) in [6.45, 7) is 5.78. The van der Waals surface area contributed by atoms with Gasteiger partial charge in [0.2, 0.25) is 5.91 Å². The SMILES string of the molecule is CC(CNC(=O)C(Cc1ccccc1)C(C)C)C(=O)O. The smallest absolute Gasteiger partial charge is 0.308 e. The van der Waals surface area contributed by atoms with Gasteiger partial charge in [-0.2, -0.15) is 0 Å². The van der Waals surface area contributed by atoms with Crippen LogP contribution in [0.15, 0.2) is 30.3 Å². The topological polar surface area (TPSA) is 66.4 Å². The van der Waals surface area contributed by atoms with Crippen molar-refractivity contribution in [1.29, 1.82) is 0 Å². The zero-order valence-electron chi connectivity index (χ0n) is 12.3. The van der Waals surface area contributed by atoms with E-state index in [2.05, 4.69) is 5.32 Å². The number of hydrogen-bond donors (Lipinski definition) is 2. The van der Waals surface area contributed by atoms with Crippen LogP contribution in [0.1, 0.15) is 26.3 Å². The Kier molecular flexibility index (Phi) is 6.22. The average Bonchev–Trinajstić information content (AvgIpc) is 2.42. The fraction of sp³-hybridized carbons (Fsp3) is 0.500. The van der Waals surface area contributed by atoms with Gasteiger partial charge in [-0.05, 0) is 17.9 Å². The molecule has 0 bridgehead atoms. The van der Waals surface area contributed by atoms with Crippen molar-refractivity contribution in [2.75, 3.05) is 6.54 Å². The van der Waals surface area contributed by atoms with E-state index in [0.717, 1.165) is 5.56 Å². The van der Waals surface area contributed by atoms with E-state index < -0.39 is 11.9 Å². The summed E-state index contributed by atoms with van der Waals surface area (Å²) < 4.78 is 0. The van der Waals surface area contributed by atoms with E-state index in [4.69, 9.17) is 5.11 Å². The van der Waals surface area contributed by atoms with E-state index >= 15 is 0 Å². The number of carboxylic acid groups (broad SMARTS) is 1. The number of carboxylic acids is 1. The summed E-state index contributed by atoms with van der Waals surface area (Å²) in [7, 11) is 0. The lowest BCUT2D eigenvalue weighted by Crippen LogP contribution is -2.38. The minimum atomic E-state index is -0.894. The number of nitrogens with one attached hydrogen (secondary N) is 1. The molecular formula is C16H23NO3. The molecule has 0 aromatic heterocycles. The van der Waals surface area contributed by atoms with E-state index in [1.807, 2.05) is 44.2 Å². The molecule has 4 nitrogen and oxygen atoms in total. The zero-order chi connectivity index (χ0) is 15.1. The van der Waals surface area contributed by atoms with Crippen LogP contribution in [-0.2, 0) is 16.0 Å². The van der Waals surface area contributed by atoms with Crippen LogP contribution in [0.2, 0.25) is 0 Å². The van der Waals surface area contributed by atoms with Gasteiger partial charge in [0.05, 0.1) is 5.92 Å². The number of carbonyl (C=O) groups is 2. The third-order valence-electron chi connectivity index (χ3n) is 3.44. The maximum atomic E-state index is 12.2. The first kappa shape index (κ1) is 16.2. The van der Waals surface area contributed by atoms with Crippen molar-refractivity contribution in [3.05, 3.63) is 35.9 Å². The summed E-state index contributed by atoms with van der Waals surface area (Å²) in [5.41, 5.74) is 1.12. The molecule has 0 saturated heterocycles. The molecule has 0 aliphatic carbocycles. The quantitative estimate of drug-likeness (QED) is 0.804. The van der Waals surface area contributed by atoms with Gasteiger partial charge in [-0.25, -0.2) is 0 Å². The third-order valence-corrected chi connectivity index (χ3v) is 3.44. The summed E-state index contributed by atoms with van der Waals surface area (Å²) in [6.07, 6.45) is 0.672. The number of aliphatic carboxylic acids is 1. The van der Waals surface area contributed by atoms with Crippen molar-refractivity contribution in [3.63, 3.8) is 0 Å². The molecule has 0 fully saturated rings. The van der Waals surface area contributed by atoms with Gasteiger partial charge in [-0.1, -0.05) is 51.1 Å². The predicted molar refractivity (Wildman–Crippen MR) is 78.3 cm³/mol. The number of carbonyl (C=O) groups excluding carboxylic acids is 1. The van der Waals surface area contributed by atoms with Crippen LogP contribution in [0.3, 0.4) is 0 Å². The van der Waals surface area contributed by atoms with Crippen LogP contribution >= 0.6 is 0 Å². The van der Waals surface area contributed by atoms with Gasteiger partial charge in [0.25, 0.3) is 0 Å². The molecule has 2 atom stereocenters. The number of amides is 1. The van der Waals surface area contributed by atoms with Gasteiger partial charge < -0.3 is 10.4 Å². The van der Waals surface area contributed by atoms with Gasteiger partial charge in [0.1, 0.15) is 0 Å². The molecule has 0 aliphatic rings. The molecule has 1 amide bonds. The summed E-state index contributed by atoms with van der Waals surface area (Å²) in [5, 5.41) is 11.6. The van der Waals surface area contributed by atoms with Gasteiger partial charge in [0, 0.05) is 12.5 Å². The first-order chi connectivity index (χ1) is 9.41. The van der Waals surface area contributed by atoms with Crippen molar-refractivity contribution in [2.45, 2.75) is 27.2 Å². The molecule has 2 unspecified atom stereocenters. The summed E-state index contributed by atoms with van der Waals surface area (Å²) in [4.78, 5) is 23.0. The number of hydrogen-bond acceptors (Lipinski definition) is 2. The lowest BCUT2D eigenvalue weighted by Gasteiger charge is -2.21. The molecule has 1 rings (SSSR count). The Balaban J connectivity index is 2.62. The number of rotatable bonds is 7. The van der Waals surface area contributed by atoms with Crippen molar-refractivity contribution in [2.24, 2.45) is 17.8 Å². The highest BCUT2D eigenvalue weighted by Gasteiger charge is 2.23. The summed E-state index contributed by atoms with van der Waals surface area (Å²) in [5.74, 6) is -1.47. The van der Waals surface area contributed by atoms with E-state index in [1.165, 1.54) is 0 Å². The van der Waals surface area contributed by atoms with Crippen LogP contribution < -0.4 is 5.32 Å². The van der Waals surface area contributed by atoms with E-state index in [1.54, 1.807) is 6.92 Å². The Morgan fingerprint density at radius 2 is 1.75 bits per heavy atom. The van der Waals surface area contributed by atoms with E-state index in [-0.39, 0.29) is 24.3 Å². The van der Waals surface area contributed by atoms with Gasteiger partial charge in [-0.15, -0.1) is 0 Å². The molecule has 0 saturated carbocycles. The van der Waals surface area contributed by atoms with Gasteiger partial charge >= 0.3 is 5.97 Å². The van der Waals surface area contributed by atoms with Crippen LogP contribution in [0.4, 0.5) is 0 Å². The Morgan fingerprint density at radius 3 is 2.25 bits per heavy atom. The maximum Gasteiger partial charge on any atom is 0.308 e. The van der Waals surface area contributed by atoms with Crippen molar-refractivity contribution >= 4 is 11.9 Å². The van der Waals surface area contributed by atoms with Crippen LogP contribution in [0.5, 0.6) is 0 Å². The molecule has 0 spiro atoms. The minimum absolute atomic E-state index is 0.0723. The Bertz CT molecular complexity index is 442. The van der Waals surface area contributed by atoms with Crippen LogP contribution in [0, 0.1) is 17.8 Å². The van der Waals surface area contributed by atoms with E-state index in [0.29, 0.717) is 6.42 Å². The lowest BCUT2D eigenvalue weighted by molar-refractivity contribution is -0.141. The third kappa shape index (κ3) is 5.03. The minimum Gasteiger partial charge on any atom is -0.481 e. The average molecular weight is 277 g/mol. The second-order valence-corrected chi connectivity index (χ2v) is 5.52. The second kappa shape index (κ2) is 7.68. The molecule has 110 valence electrons. The Labute approximate surface area is 120 Å². The highest BCUT2D eigenvalue weighted by molar-refractivity contribution is 5.80. The zero-order valence-corrected chi connectivity index (χ0v) is 12.3. The molecule has 1 aromatic rings. The highest BCUT2D eigenvalue weighted by Crippen LogP contribution is 2.17. The van der Waals surface area contributed by atoms with Crippen molar-refractivity contribution in [1.82, 2.24) is 5.32 Å². The summed E-state index contributed by atoms with van der Waals surface area (Å²) >= 11 is 0. The molecule has 0 heterocycles. The fourth-order valence-corrected chi connectivity index (χ4v) is 1.97. The fourth-order valence-electron chi connectivity index (χ4n) is 1.97. The molecule has 4 heteroatoms. The standard InChI is InChI=1S/C16H23NO3/c1-11(2)14(9-13-7-5-4-6-8-13)15(18)17-10-12(3)16(19)20/h4-8,11-12,14H,9-10H2,1-3H3,(H,17,18)(H,19,20). The van der Waals surface area contributed by atoms with Crippen molar-refractivity contribution in [3.8, 4) is 0 Å². The van der Waals surface area contributed by atoms with Crippen LogP contribution in [-0.4, -0.2) is 23.5 Å². The van der Waals surface area contributed by atoms with E-state index in [9.17, 15) is 9.59 Å². The lowest BCUT2D eigenvalue weighted by atomic mass is 9.88. The first-order valence-corrected chi connectivity index (χ1v) is 6.96. The molecular weight excluding hydrogens is 254 g/mol. The second-order valence-electron chi connectivity index (χ2n) is 5.52. The predicted octanol–water partition coefficient (Wildman–Crippen LogP) is 2.34. The largest absolute Gasteiger partial charge is 0.481 e. The van der Waals surface area contributed by atoms with Crippen molar-refractivity contribution < 1.29 is 14.7 Å². The number of benzene rings is 1. The first-order valence-electron chi connectivity index (χ1n) is 6.96. The van der Waals surface area contributed by atoms with Crippen LogP contribution in [0.25, 0.3) is 0 Å². The Hall–Kier alpha value is -1.84. The molecule has 2 N–H and O–H groups in total. The highest BCUT2D eigenvalue weighted by atomic mass is 16.4. The normalized spacial score (nSPS) is 13.8. The summed E-state index contributed by atoms with van der Waals surface area (Å²) in [6, 6.07) is 9.86. The molecule has 20 heavy (non-hydrogen) atoms. The molecule has 0 radical (unpaired) electrons. The molecule has 0 aliphatic heterocycles. The monoisotopic (exact) mass is 277 g/mol. The molecule has 1 aromatic carbocycles. The Morgan fingerprint density at radius 1 is 1.15 bits per heavy atom.